The molecule has 1 aliphatic heterocycles. The summed E-state index contributed by atoms with van der Waals surface area (Å²) >= 11 is 0. The number of anilines is 1. The van der Waals surface area contributed by atoms with Crippen LogP contribution in [0.1, 0.15) is 41.0 Å². The zero-order chi connectivity index (χ0) is 24.5. The van der Waals surface area contributed by atoms with Crippen LogP contribution >= 0.6 is 0 Å². The minimum absolute atomic E-state index is 0.0589. The number of hydrazine groups is 1. The molecule has 0 spiro atoms. The molecule has 0 atom stereocenters. The Kier molecular flexibility index (Phi) is 6.45. The molecule has 34 heavy (non-hydrogen) atoms. The summed E-state index contributed by atoms with van der Waals surface area (Å²) in [6.45, 7) is 4.69. The van der Waals surface area contributed by atoms with Crippen LogP contribution in [0.3, 0.4) is 0 Å². The van der Waals surface area contributed by atoms with Gasteiger partial charge in [-0.2, -0.15) is 0 Å². The van der Waals surface area contributed by atoms with Gasteiger partial charge >= 0.3 is 0 Å². The highest BCUT2D eigenvalue weighted by Crippen LogP contribution is 2.36. The maximum atomic E-state index is 13.0. The molecule has 0 aromatic heterocycles. The zero-order valence-electron chi connectivity index (χ0n) is 19.0. The van der Waals surface area contributed by atoms with Gasteiger partial charge in [-0.05, 0) is 48.7 Å². The molecule has 10 heteroatoms. The fourth-order valence-corrected chi connectivity index (χ4v) is 4.71. The highest BCUT2D eigenvalue weighted by molar-refractivity contribution is 7.89. The number of rotatable bonds is 9. The summed E-state index contributed by atoms with van der Waals surface area (Å²) in [5, 5.41) is 3.61. The Balaban J connectivity index is 1.51. The number of carbonyl (C=O) groups is 2. The van der Waals surface area contributed by atoms with E-state index in [2.05, 4.69) is 29.4 Å². The highest BCUT2D eigenvalue weighted by atomic mass is 32.2. The van der Waals surface area contributed by atoms with Gasteiger partial charge in [0.2, 0.25) is 0 Å². The monoisotopic (exact) mass is 483 g/mol. The van der Waals surface area contributed by atoms with E-state index >= 15 is 0 Å². The Hall–Kier alpha value is -3.63. The fraction of sp³-hybridized carbons (Fsp3) is 0.250. The second kappa shape index (κ2) is 9.32. The van der Waals surface area contributed by atoms with Crippen molar-refractivity contribution in [3.05, 3.63) is 59.7 Å². The van der Waals surface area contributed by atoms with Crippen molar-refractivity contribution in [3.63, 3.8) is 0 Å². The fourth-order valence-electron chi connectivity index (χ4n) is 3.67. The van der Waals surface area contributed by atoms with Crippen molar-refractivity contribution < 1.29 is 27.5 Å². The first-order chi connectivity index (χ1) is 16.2. The molecule has 0 aliphatic carbocycles. The van der Waals surface area contributed by atoms with Gasteiger partial charge in [-0.15, -0.1) is 4.83 Å². The molecule has 2 amide bonds. The summed E-state index contributed by atoms with van der Waals surface area (Å²) < 4.78 is 37.0. The maximum Gasteiger partial charge on any atom is 0.266 e. The van der Waals surface area contributed by atoms with E-state index in [4.69, 9.17) is 9.47 Å². The van der Waals surface area contributed by atoms with Crippen molar-refractivity contribution >= 4 is 38.3 Å². The third-order valence-corrected chi connectivity index (χ3v) is 6.77. The molecule has 0 radical (unpaired) electrons. The topological polar surface area (TPSA) is 123 Å². The Bertz CT molecular complexity index is 1380. The summed E-state index contributed by atoms with van der Waals surface area (Å²) in [5.74, 6) is 0.389. The van der Waals surface area contributed by atoms with Crippen LogP contribution in [0.25, 0.3) is 10.8 Å². The lowest BCUT2D eigenvalue weighted by atomic mass is 10.1. The molecule has 3 aromatic carbocycles. The molecular formula is C24H25N3O6S. The van der Waals surface area contributed by atoms with Gasteiger partial charge in [0.1, 0.15) is 0 Å². The van der Waals surface area contributed by atoms with Gasteiger partial charge in [-0.25, -0.2) is 8.42 Å². The van der Waals surface area contributed by atoms with Crippen LogP contribution in [0.4, 0.5) is 5.69 Å². The zero-order valence-corrected chi connectivity index (χ0v) is 19.8. The molecule has 0 bridgehead atoms. The van der Waals surface area contributed by atoms with E-state index in [0.29, 0.717) is 46.0 Å². The van der Waals surface area contributed by atoms with Crippen molar-refractivity contribution in [3.8, 4) is 11.5 Å². The first kappa shape index (κ1) is 23.5. The smallest absolute Gasteiger partial charge is 0.266 e. The average Bonchev–Trinajstić information content (AvgIpc) is 3.14. The maximum absolute atomic E-state index is 13.0. The standard InChI is InChI=1S/C24H25N3O6S/c1-14(2)11-12-33-19-9-7-15(13-20(19)32-3)23(28)26-27-34(30,31)21-10-8-18-22-16(21)5-4-6-17(22)24(29)25-18/h4-10,13-14,27H,11-12H2,1-3H3,(H,25,29)(H,26,28). The van der Waals surface area contributed by atoms with Gasteiger partial charge < -0.3 is 14.8 Å². The molecule has 9 nitrogen and oxygen atoms in total. The lowest BCUT2D eigenvalue weighted by molar-refractivity contribution is 0.0944. The molecule has 0 unspecified atom stereocenters. The largest absolute Gasteiger partial charge is 0.493 e. The number of sulfonamides is 1. The van der Waals surface area contributed by atoms with E-state index in [1.807, 2.05) is 0 Å². The average molecular weight is 484 g/mol. The van der Waals surface area contributed by atoms with Crippen molar-refractivity contribution in [1.82, 2.24) is 10.3 Å². The first-order valence-electron chi connectivity index (χ1n) is 10.7. The van der Waals surface area contributed by atoms with Gasteiger partial charge in [0, 0.05) is 27.6 Å². The van der Waals surface area contributed by atoms with Crippen molar-refractivity contribution in [2.24, 2.45) is 5.92 Å². The van der Waals surface area contributed by atoms with Gasteiger partial charge in [0.05, 0.1) is 18.6 Å². The molecule has 1 heterocycles. The Morgan fingerprint density at radius 3 is 2.62 bits per heavy atom. The summed E-state index contributed by atoms with van der Waals surface area (Å²) in [6, 6.07) is 12.4. The third kappa shape index (κ3) is 4.55. The van der Waals surface area contributed by atoms with E-state index in [1.54, 1.807) is 24.3 Å². The number of nitrogens with one attached hydrogen (secondary N) is 3. The molecular weight excluding hydrogens is 458 g/mol. The molecule has 1 aliphatic rings. The van der Waals surface area contributed by atoms with Crippen LogP contribution < -0.4 is 25.0 Å². The molecule has 178 valence electrons. The van der Waals surface area contributed by atoms with Gasteiger partial charge in [-0.3, -0.25) is 15.0 Å². The first-order valence-corrected chi connectivity index (χ1v) is 12.2. The van der Waals surface area contributed by atoms with Crippen LogP contribution in [0.2, 0.25) is 0 Å². The van der Waals surface area contributed by atoms with Crippen LogP contribution in [0, 0.1) is 5.92 Å². The number of carbonyl (C=O) groups excluding carboxylic acids is 2. The minimum atomic E-state index is -4.13. The van der Waals surface area contributed by atoms with Crippen molar-refractivity contribution in [1.29, 1.82) is 0 Å². The number of methoxy groups -OCH3 is 1. The molecule has 0 fully saturated rings. The number of amides is 2. The van der Waals surface area contributed by atoms with E-state index in [-0.39, 0.29) is 16.4 Å². The lowest BCUT2D eigenvalue weighted by Gasteiger charge is -2.14. The predicted octanol–water partition coefficient (Wildman–Crippen LogP) is 3.46. The Labute approximate surface area is 197 Å². The van der Waals surface area contributed by atoms with Gasteiger partial charge in [-0.1, -0.05) is 26.0 Å². The summed E-state index contributed by atoms with van der Waals surface area (Å²) in [4.78, 5) is 26.8. The normalized spacial score (nSPS) is 12.6. The summed E-state index contributed by atoms with van der Waals surface area (Å²) in [6.07, 6.45) is 0.870. The quantitative estimate of drug-likeness (QED) is 0.401. The second-order valence-electron chi connectivity index (χ2n) is 8.25. The van der Waals surface area contributed by atoms with Gasteiger partial charge in [0.15, 0.2) is 11.5 Å². The molecule has 3 N–H and O–H groups in total. The number of hydrogen-bond acceptors (Lipinski definition) is 6. The molecule has 0 saturated carbocycles. The third-order valence-electron chi connectivity index (χ3n) is 5.46. The van der Waals surface area contributed by atoms with E-state index in [1.165, 1.54) is 31.4 Å². The van der Waals surface area contributed by atoms with Crippen LogP contribution in [-0.2, 0) is 10.0 Å². The van der Waals surface area contributed by atoms with Crippen LogP contribution in [-0.4, -0.2) is 33.9 Å². The van der Waals surface area contributed by atoms with Crippen molar-refractivity contribution in [2.75, 3.05) is 19.0 Å². The summed E-state index contributed by atoms with van der Waals surface area (Å²) in [7, 11) is -2.67. The SMILES string of the molecule is COc1cc(C(=O)NNS(=O)(=O)c2ccc3c4c(cccc24)C(=O)N3)ccc1OCCC(C)C. The van der Waals surface area contributed by atoms with Gasteiger partial charge in [0.25, 0.3) is 21.8 Å². The molecule has 3 aromatic rings. The van der Waals surface area contributed by atoms with Crippen LogP contribution in [0.15, 0.2) is 53.4 Å². The summed E-state index contributed by atoms with van der Waals surface area (Å²) in [5.41, 5.74) is 3.36. The number of benzene rings is 3. The minimum Gasteiger partial charge on any atom is -0.493 e. The van der Waals surface area contributed by atoms with E-state index < -0.39 is 15.9 Å². The Morgan fingerprint density at radius 2 is 1.88 bits per heavy atom. The van der Waals surface area contributed by atoms with E-state index in [9.17, 15) is 18.0 Å². The highest BCUT2D eigenvalue weighted by Gasteiger charge is 2.26. The Morgan fingerprint density at radius 1 is 1.09 bits per heavy atom. The number of hydrogen-bond donors (Lipinski definition) is 3. The number of ether oxygens (including phenoxy) is 2. The lowest BCUT2D eigenvalue weighted by Crippen LogP contribution is -2.41. The predicted molar refractivity (Wildman–Crippen MR) is 128 cm³/mol. The molecule has 0 saturated heterocycles. The second-order valence-corrected chi connectivity index (χ2v) is 9.90. The van der Waals surface area contributed by atoms with E-state index in [0.717, 1.165) is 6.42 Å². The van der Waals surface area contributed by atoms with Crippen LogP contribution in [0.5, 0.6) is 11.5 Å². The van der Waals surface area contributed by atoms with Crippen molar-refractivity contribution in [2.45, 2.75) is 25.2 Å². The molecule has 4 rings (SSSR count).